The maximum absolute atomic E-state index is 14.6. The first-order chi connectivity index (χ1) is 23.2. The summed E-state index contributed by atoms with van der Waals surface area (Å²) in [6.07, 6.45) is 4.79. The van der Waals surface area contributed by atoms with Gasteiger partial charge in [-0.15, -0.1) is 0 Å². The molecule has 0 saturated carbocycles. The normalized spacial score (nSPS) is 16.3. The molecular formula is C32H36ClFN8O6. The minimum absolute atomic E-state index is 0.0389. The molecule has 2 aromatic heterocycles. The van der Waals surface area contributed by atoms with Crippen molar-refractivity contribution < 1.29 is 33.4 Å². The number of hydrogen-bond donors (Lipinski definition) is 3. The quantitative estimate of drug-likeness (QED) is 0.256. The lowest BCUT2D eigenvalue weighted by Gasteiger charge is -2.40. The van der Waals surface area contributed by atoms with E-state index in [0.29, 0.717) is 80.7 Å². The van der Waals surface area contributed by atoms with Gasteiger partial charge in [-0.25, -0.2) is 19.2 Å². The lowest BCUT2D eigenvalue weighted by molar-refractivity contribution is -0.122. The molecule has 0 bridgehead atoms. The average Bonchev–Trinajstić information content (AvgIpc) is 3.54. The monoisotopic (exact) mass is 682 g/mol. The third kappa shape index (κ3) is 7.12. The molecule has 2 aliphatic rings. The number of benzene rings is 2. The zero-order valence-electron chi connectivity index (χ0n) is 26.4. The first kappa shape index (κ1) is 34.3. The summed E-state index contributed by atoms with van der Waals surface area (Å²) in [6.45, 7) is 5.33. The van der Waals surface area contributed by atoms with Crippen LogP contribution in [0.4, 0.5) is 20.7 Å². The van der Waals surface area contributed by atoms with Gasteiger partial charge in [0.15, 0.2) is 23.0 Å². The number of ether oxygens (including phenoxy) is 2. The van der Waals surface area contributed by atoms with Crippen molar-refractivity contribution in [3.63, 3.8) is 0 Å². The molecule has 0 radical (unpaired) electrons. The Balaban J connectivity index is 0.00000145. The first-order valence-corrected chi connectivity index (χ1v) is 15.5. The number of urea groups is 1. The smallest absolute Gasteiger partial charge is 0.320 e. The highest BCUT2D eigenvalue weighted by Crippen LogP contribution is 2.35. The second-order valence-electron chi connectivity index (χ2n) is 11.1. The van der Waals surface area contributed by atoms with Crippen LogP contribution in [-0.2, 0) is 9.53 Å². The van der Waals surface area contributed by atoms with E-state index in [1.54, 1.807) is 49.8 Å². The van der Waals surface area contributed by atoms with Crippen LogP contribution in [0.3, 0.4) is 0 Å². The zero-order valence-corrected chi connectivity index (χ0v) is 27.2. The van der Waals surface area contributed by atoms with Gasteiger partial charge in [0.2, 0.25) is 0 Å². The summed E-state index contributed by atoms with van der Waals surface area (Å²) in [5, 5.41) is 10.1. The third-order valence-corrected chi connectivity index (χ3v) is 8.57. The van der Waals surface area contributed by atoms with Crippen molar-refractivity contribution in [1.82, 2.24) is 29.1 Å². The SMILES string of the molecule is COc1ccc(-c2cnc3c(Nc4ccc(C(=O)N5CCN(C(=O)N6CCO[C@H](CN)C6)CC5)c(C)c4)nccn23)c(Cl)c1F.O=CO. The molecule has 16 heteroatoms. The number of aryl methyl sites for hydroxylation is 1. The number of nitrogens with two attached hydrogens (primary N) is 1. The molecule has 4 N–H and O–H groups in total. The molecule has 254 valence electrons. The lowest BCUT2D eigenvalue weighted by atomic mass is 10.1. The van der Waals surface area contributed by atoms with E-state index in [1.807, 2.05) is 19.1 Å². The number of imidazole rings is 1. The summed E-state index contributed by atoms with van der Waals surface area (Å²) in [5.41, 5.74) is 9.39. The number of hydrogen-bond acceptors (Lipinski definition) is 9. The van der Waals surface area contributed by atoms with Gasteiger partial charge < -0.3 is 40.3 Å². The van der Waals surface area contributed by atoms with Gasteiger partial charge >= 0.3 is 6.03 Å². The largest absolute Gasteiger partial charge is 0.494 e. The van der Waals surface area contributed by atoms with E-state index in [1.165, 1.54) is 13.2 Å². The van der Waals surface area contributed by atoms with Crippen molar-refractivity contribution >= 4 is 47.2 Å². The highest BCUT2D eigenvalue weighted by molar-refractivity contribution is 6.33. The van der Waals surface area contributed by atoms with Crippen LogP contribution >= 0.6 is 11.6 Å². The van der Waals surface area contributed by atoms with Crippen molar-refractivity contribution in [2.24, 2.45) is 5.73 Å². The van der Waals surface area contributed by atoms with E-state index in [-0.39, 0.29) is 35.3 Å². The lowest BCUT2D eigenvalue weighted by Crippen LogP contribution is -2.57. The fourth-order valence-corrected chi connectivity index (χ4v) is 5.97. The Bertz CT molecular complexity index is 1800. The number of carbonyl (C=O) groups excluding carboxylic acids is 2. The van der Waals surface area contributed by atoms with Crippen LogP contribution in [0.2, 0.25) is 5.02 Å². The van der Waals surface area contributed by atoms with Crippen LogP contribution in [0.15, 0.2) is 48.9 Å². The Morgan fingerprint density at radius 3 is 2.56 bits per heavy atom. The molecule has 2 saturated heterocycles. The van der Waals surface area contributed by atoms with E-state index in [2.05, 4.69) is 15.3 Å². The van der Waals surface area contributed by atoms with Gasteiger partial charge in [0.25, 0.3) is 12.4 Å². The second kappa shape index (κ2) is 15.3. The number of piperazine rings is 1. The Kier molecular flexibility index (Phi) is 10.9. The number of amides is 3. The van der Waals surface area contributed by atoms with Gasteiger partial charge in [-0.3, -0.25) is 14.0 Å². The third-order valence-electron chi connectivity index (χ3n) is 8.20. The Hall–Kier alpha value is -4.99. The Morgan fingerprint density at radius 2 is 1.88 bits per heavy atom. The van der Waals surface area contributed by atoms with Crippen LogP contribution in [0, 0.1) is 12.7 Å². The molecule has 4 heterocycles. The van der Waals surface area contributed by atoms with Crippen molar-refractivity contribution in [1.29, 1.82) is 0 Å². The maximum Gasteiger partial charge on any atom is 0.320 e. The second-order valence-corrected chi connectivity index (χ2v) is 11.4. The molecule has 0 aliphatic carbocycles. The molecule has 1 atom stereocenters. The minimum atomic E-state index is -0.645. The topological polar surface area (TPSA) is 168 Å². The Morgan fingerprint density at radius 1 is 1.15 bits per heavy atom. The Labute approximate surface area is 280 Å². The van der Waals surface area contributed by atoms with E-state index < -0.39 is 5.82 Å². The summed E-state index contributed by atoms with van der Waals surface area (Å²) in [5.74, 6) is -0.191. The molecule has 2 fully saturated rings. The molecule has 2 aliphatic heterocycles. The number of fused-ring (bicyclic) bond motifs is 1. The molecule has 0 spiro atoms. The number of aromatic nitrogens is 3. The van der Waals surface area contributed by atoms with Gasteiger partial charge in [-0.05, 0) is 42.8 Å². The fraction of sp³-hybridized carbons (Fsp3) is 0.344. The average molecular weight is 683 g/mol. The molecule has 48 heavy (non-hydrogen) atoms. The molecule has 6 rings (SSSR count). The van der Waals surface area contributed by atoms with Gasteiger partial charge in [0, 0.05) is 75.0 Å². The standard InChI is InChI=1S/C31H34ClFN8O4.CH2O2/c1-19-15-20(37-28-29-36-17-24(41(29)8-7-35-28)23-5-6-25(44-2)27(33)26(23)32)3-4-22(19)30(42)38-9-11-39(12-10-38)31(43)40-13-14-45-21(16-34)18-40;2-1-3/h3-8,15,17,21H,9-14,16,18,34H2,1-2H3,(H,35,37);1H,(H,2,3)/t21-;/m1./s1. The minimum Gasteiger partial charge on any atom is -0.494 e. The van der Waals surface area contributed by atoms with Gasteiger partial charge in [0.1, 0.15) is 0 Å². The number of nitrogens with one attached hydrogen (secondary N) is 1. The van der Waals surface area contributed by atoms with Gasteiger partial charge in [-0.1, -0.05) is 11.6 Å². The molecular weight excluding hydrogens is 647 g/mol. The summed E-state index contributed by atoms with van der Waals surface area (Å²) < 4.78 is 27.0. The predicted octanol–water partition coefficient (Wildman–Crippen LogP) is 3.49. The molecule has 4 aromatic rings. The van der Waals surface area contributed by atoms with E-state index >= 15 is 0 Å². The van der Waals surface area contributed by atoms with Crippen LogP contribution in [0.5, 0.6) is 5.75 Å². The predicted molar refractivity (Wildman–Crippen MR) is 176 cm³/mol. The highest BCUT2D eigenvalue weighted by atomic mass is 35.5. The van der Waals surface area contributed by atoms with Crippen LogP contribution in [0.1, 0.15) is 15.9 Å². The van der Waals surface area contributed by atoms with E-state index in [0.717, 1.165) is 11.3 Å². The van der Waals surface area contributed by atoms with Crippen molar-refractivity contribution in [3.8, 4) is 17.0 Å². The van der Waals surface area contributed by atoms with Crippen molar-refractivity contribution in [2.45, 2.75) is 13.0 Å². The van der Waals surface area contributed by atoms with Gasteiger partial charge in [0.05, 0.1) is 36.7 Å². The number of carbonyl (C=O) groups is 3. The number of anilines is 2. The summed E-state index contributed by atoms with van der Waals surface area (Å²) >= 11 is 6.33. The number of rotatable bonds is 6. The number of morpholine rings is 1. The van der Waals surface area contributed by atoms with E-state index in [9.17, 15) is 14.0 Å². The molecule has 14 nitrogen and oxygen atoms in total. The van der Waals surface area contributed by atoms with Crippen molar-refractivity contribution in [3.05, 3.63) is 70.9 Å². The van der Waals surface area contributed by atoms with Crippen LogP contribution in [-0.4, -0.2) is 118 Å². The first-order valence-electron chi connectivity index (χ1n) is 15.1. The zero-order chi connectivity index (χ0) is 34.4. The number of halogens is 2. The molecule has 2 aromatic carbocycles. The number of carboxylic acid groups (broad SMARTS) is 1. The molecule has 3 amide bonds. The summed E-state index contributed by atoms with van der Waals surface area (Å²) in [4.78, 5) is 49.1. The van der Waals surface area contributed by atoms with Crippen molar-refractivity contribution in [2.75, 3.05) is 64.8 Å². The maximum atomic E-state index is 14.6. The fourth-order valence-electron chi connectivity index (χ4n) is 5.72. The van der Waals surface area contributed by atoms with Crippen LogP contribution < -0.4 is 15.8 Å². The highest BCUT2D eigenvalue weighted by Gasteiger charge is 2.31. The summed E-state index contributed by atoms with van der Waals surface area (Å²) in [6, 6.07) is 8.64. The summed E-state index contributed by atoms with van der Waals surface area (Å²) in [7, 11) is 1.38. The van der Waals surface area contributed by atoms with Crippen LogP contribution in [0.25, 0.3) is 16.9 Å². The molecule has 0 unspecified atom stereocenters. The van der Waals surface area contributed by atoms with Gasteiger partial charge in [-0.2, -0.15) is 0 Å². The number of nitrogens with zero attached hydrogens (tertiary/aromatic N) is 6. The van der Waals surface area contributed by atoms with E-state index in [4.69, 9.17) is 36.7 Å². The number of methoxy groups -OCH3 is 1.